The predicted octanol–water partition coefficient (Wildman–Crippen LogP) is 5.08. The molecule has 0 unspecified atom stereocenters. The van der Waals surface area contributed by atoms with E-state index in [0.29, 0.717) is 34.3 Å². The number of hydrogen-bond donors (Lipinski definition) is 1. The lowest BCUT2D eigenvalue weighted by molar-refractivity contribution is -0.384. The molecule has 7 nitrogen and oxygen atoms in total. The quantitative estimate of drug-likeness (QED) is 0.345. The Bertz CT molecular complexity index is 957. The van der Waals surface area contributed by atoms with Crippen molar-refractivity contribution < 1.29 is 14.5 Å². The number of non-ortho nitro benzene ring substituents is 1. The van der Waals surface area contributed by atoms with Crippen LogP contribution in [0, 0.1) is 10.1 Å². The molecule has 0 radical (unpaired) electrons. The third-order valence-electron chi connectivity index (χ3n) is 4.73. The van der Waals surface area contributed by atoms with E-state index in [1.165, 1.54) is 23.9 Å². The standard InChI is InChI=1S/C22H25Cl2N3O4S/c1-3-20(22(29)25-4-2)26(12-16-7-8-17(23)11-19(16)24)21(28)14-32-13-15-5-9-18(10-6-15)27(30)31/h5-11,20H,3-4,12-14H2,1-2H3,(H,25,29)/t20-/m1/s1. The summed E-state index contributed by atoms with van der Waals surface area (Å²) in [6.07, 6.45) is 0.454. The van der Waals surface area contributed by atoms with Crippen LogP contribution in [-0.4, -0.2) is 40.0 Å². The Hall–Kier alpha value is -2.29. The summed E-state index contributed by atoms with van der Waals surface area (Å²) in [5.41, 5.74) is 1.59. The molecule has 0 aliphatic heterocycles. The highest BCUT2D eigenvalue weighted by atomic mass is 35.5. The molecule has 2 aromatic carbocycles. The Labute approximate surface area is 201 Å². The molecule has 0 aromatic heterocycles. The van der Waals surface area contributed by atoms with E-state index in [2.05, 4.69) is 5.32 Å². The second kappa shape index (κ2) is 12.7. The molecule has 2 amide bonds. The molecular weight excluding hydrogens is 473 g/mol. The molecule has 0 heterocycles. The molecule has 10 heteroatoms. The van der Waals surface area contributed by atoms with E-state index >= 15 is 0 Å². The number of hydrogen-bond acceptors (Lipinski definition) is 5. The minimum atomic E-state index is -0.630. The maximum absolute atomic E-state index is 13.1. The highest BCUT2D eigenvalue weighted by molar-refractivity contribution is 7.99. The van der Waals surface area contributed by atoms with Gasteiger partial charge in [-0.2, -0.15) is 0 Å². The molecule has 0 bridgehead atoms. The summed E-state index contributed by atoms with van der Waals surface area (Å²) < 4.78 is 0. The van der Waals surface area contributed by atoms with Crippen LogP contribution in [0.25, 0.3) is 0 Å². The minimum absolute atomic E-state index is 0.0218. The van der Waals surface area contributed by atoms with Crippen molar-refractivity contribution >= 4 is 52.5 Å². The van der Waals surface area contributed by atoms with Gasteiger partial charge in [0.15, 0.2) is 0 Å². The lowest BCUT2D eigenvalue weighted by Gasteiger charge is -2.30. The Morgan fingerprint density at radius 3 is 2.41 bits per heavy atom. The van der Waals surface area contributed by atoms with E-state index in [1.54, 1.807) is 35.2 Å². The zero-order valence-corrected chi connectivity index (χ0v) is 20.2. The monoisotopic (exact) mass is 497 g/mol. The maximum atomic E-state index is 13.1. The number of nitrogens with one attached hydrogen (secondary N) is 1. The SMILES string of the molecule is CCNC(=O)[C@@H](CC)N(Cc1ccc(Cl)cc1Cl)C(=O)CSCc1ccc([N+](=O)[O-])cc1. The Balaban J connectivity index is 2.13. The van der Waals surface area contributed by atoms with Crippen molar-refractivity contribution in [3.63, 3.8) is 0 Å². The molecule has 0 fully saturated rings. The number of carbonyl (C=O) groups is 2. The molecule has 1 atom stereocenters. The van der Waals surface area contributed by atoms with E-state index < -0.39 is 11.0 Å². The van der Waals surface area contributed by atoms with Crippen LogP contribution in [-0.2, 0) is 21.9 Å². The van der Waals surface area contributed by atoms with Crippen LogP contribution < -0.4 is 5.32 Å². The van der Waals surface area contributed by atoms with Crippen LogP contribution in [0.1, 0.15) is 31.4 Å². The number of thioether (sulfide) groups is 1. The molecule has 0 saturated heterocycles. The fraction of sp³-hybridized carbons (Fsp3) is 0.364. The fourth-order valence-electron chi connectivity index (χ4n) is 3.10. The molecule has 172 valence electrons. The van der Waals surface area contributed by atoms with E-state index in [9.17, 15) is 19.7 Å². The van der Waals surface area contributed by atoms with E-state index in [4.69, 9.17) is 23.2 Å². The van der Waals surface area contributed by atoms with E-state index in [-0.39, 0.29) is 29.8 Å². The van der Waals surface area contributed by atoms with Crippen LogP contribution in [0.2, 0.25) is 10.0 Å². The highest BCUT2D eigenvalue weighted by Gasteiger charge is 2.28. The van der Waals surface area contributed by atoms with Gasteiger partial charge in [0.25, 0.3) is 5.69 Å². The van der Waals surface area contributed by atoms with Gasteiger partial charge in [0.2, 0.25) is 11.8 Å². The van der Waals surface area contributed by atoms with Crippen molar-refractivity contribution in [3.05, 3.63) is 73.8 Å². The molecule has 32 heavy (non-hydrogen) atoms. The summed E-state index contributed by atoms with van der Waals surface area (Å²) >= 11 is 13.7. The first-order chi connectivity index (χ1) is 15.3. The molecule has 1 N–H and O–H groups in total. The van der Waals surface area contributed by atoms with Crippen molar-refractivity contribution in [2.24, 2.45) is 0 Å². The van der Waals surface area contributed by atoms with Crippen molar-refractivity contribution in [1.82, 2.24) is 10.2 Å². The fourth-order valence-corrected chi connectivity index (χ4v) is 4.44. The van der Waals surface area contributed by atoms with Gasteiger partial charge in [-0.15, -0.1) is 11.8 Å². The van der Waals surface area contributed by atoms with Crippen molar-refractivity contribution in [1.29, 1.82) is 0 Å². The third-order valence-corrected chi connectivity index (χ3v) is 6.31. The summed E-state index contributed by atoms with van der Waals surface area (Å²) in [5.74, 6) is 0.254. The number of rotatable bonds is 11. The van der Waals surface area contributed by atoms with Gasteiger partial charge in [-0.1, -0.05) is 48.3 Å². The van der Waals surface area contributed by atoms with Gasteiger partial charge < -0.3 is 10.2 Å². The summed E-state index contributed by atoms with van der Waals surface area (Å²) in [6, 6.07) is 10.6. The smallest absolute Gasteiger partial charge is 0.269 e. The normalized spacial score (nSPS) is 11.6. The van der Waals surface area contributed by atoms with Crippen LogP contribution >= 0.6 is 35.0 Å². The summed E-state index contributed by atoms with van der Waals surface area (Å²) in [5, 5.41) is 14.5. The summed E-state index contributed by atoms with van der Waals surface area (Å²) in [6.45, 7) is 4.33. The van der Waals surface area contributed by atoms with Crippen LogP contribution in [0.4, 0.5) is 5.69 Å². The molecular formula is C22H25Cl2N3O4S. The number of carbonyl (C=O) groups excluding carboxylic acids is 2. The average molecular weight is 498 g/mol. The van der Waals surface area contributed by atoms with Gasteiger partial charge in [-0.3, -0.25) is 19.7 Å². The van der Waals surface area contributed by atoms with Crippen LogP contribution in [0.3, 0.4) is 0 Å². The first kappa shape index (κ1) is 26.0. The zero-order chi connectivity index (χ0) is 23.7. The second-order valence-electron chi connectivity index (χ2n) is 6.99. The van der Waals surface area contributed by atoms with Crippen LogP contribution in [0.15, 0.2) is 42.5 Å². The summed E-state index contributed by atoms with van der Waals surface area (Å²) in [4.78, 5) is 37.6. The van der Waals surface area contributed by atoms with Crippen LogP contribution in [0.5, 0.6) is 0 Å². The number of benzene rings is 2. The van der Waals surface area contributed by atoms with Gasteiger partial charge in [-0.05, 0) is 36.6 Å². The second-order valence-corrected chi connectivity index (χ2v) is 8.82. The molecule has 2 aromatic rings. The Kier molecular flexibility index (Phi) is 10.3. The Morgan fingerprint density at radius 1 is 1.16 bits per heavy atom. The van der Waals surface area contributed by atoms with E-state index in [1.807, 2.05) is 13.8 Å². The van der Waals surface area contributed by atoms with Crippen molar-refractivity contribution in [2.75, 3.05) is 12.3 Å². The first-order valence-corrected chi connectivity index (χ1v) is 12.0. The zero-order valence-electron chi connectivity index (χ0n) is 17.8. The average Bonchev–Trinajstić information content (AvgIpc) is 2.75. The number of nitro benzene ring substituents is 1. The van der Waals surface area contributed by atoms with Gasteiger partial charge in [0.05, 0.1) is 10.7 Å². The number of halogens is 2. The highest BCUT2D eigenvalue weighted by Crippen LogP contribution is 2.25. The van der Waals surface area contributed by atoms with E-state index in [0.717, 1.165) is 5.56 Å². The first-order valence-electron chi connectivity index (χ1n) is 10.1. The number of nitro groups is 1. The van der Waals surface area contributed by atoms with Gasteiger partial charge in [0.1, 0.15) is 6.04 Å². The lowest BCUT2D eigenvalue weighted by Crippen LogP contribution is -2.49. The largest absolute Gasteiger partial charge is 0.355 e. The molecule has 0 aliphatic rings. The molecule has 2 rings (SSSR count). The molecule has 0 aliphatic carbocycles. The number of likely N-dealkylation sites (N-methyl/N-ethyl adjacent to an activating group) is 1. The number of nitrogens with zero attached hydrogens (tertiary/aromatic N) is 2. The van der Waals surface area contributed by atoms with Crippen molar-refractivity contribution in [3.8, 4) is 0 Å². The number of amides is 2. The van der Waals surface area contributed by atoms with Gasteiger partial charge in [0, 0.05) is 41.0 Å². The Morgan fingerprint density at radius 2 is 1.84 bits per heavy atom. The molecule has 0 saturated carbocycles. The van der Waals surface area contributed by atoms with Gasteiger partial charge in [-0.25, -0.2) is 0 Å². The van der Waals surface area contributed by atoms with Gasteiger partial charge >= 0.3 is 0 Å². The van der Waals surface area contributed by atoms with Crippen molar-refractivity contribution in [2.45, 2.75) is 38.6 Å². The predicted molar refractivity (Wildman–Crippen MR) is 129 cm³/mol. The topological polar surface area (TPSA) is 92.6 Å². The minimum Gasteiger partial charge on any atom is -0.355 e. The maximum Gasteiger partial charge on any atom is 0.269 e. The molecule has 0 spiro atoms. The third kappa shape index (κ3) is 7.39. The lowest BCUT2D eigenvalue weighted by atomic mass is 10.1. The summed E-state index contributed by atoms with van der Waals surface area (Å²) in [7, 11) is 0.